The van der Waals surface area contributed by atoms with Gasteiger partial charge < -0.3 is 20.9 Å². The molecule has 0 amide bonds. The molecule has 62 valence electrons. The summed E-state index contributed by atoms with van der Waals surface area (Å²) in [6.45, 7) is 2.25. The second kappa shape index (κ2) is 6.95. The van der Waals surface area contributed by atoms with Crippen LogP contribution in [0.1, 0.15) is 0 Å². The van der Waals surface area contributed by atoms with Crippen molar-refractivity contribution in [2.45, 2.75) is 6.10 Å². The zero-order valence-corrected chi connectivity index (χ0v) is 6.34. The van der Waals surface area contributed by atoms with E-state index in [1.54, 1.807) is 7.11 Å². The third kappa shape index (κ3) is 5.97. The van der Waals surface area contributed by atoms with Gasteiger partial charge in [-0.15, -0.1) is 0 Å². The van der Waals surface area contributed by atoms with Crippen LogP contribution in [0.15, 0.2) is 0 Å². The number of hydrogen-bond acceptors (Lipinski definition) is 4. The summed E-state index contributed by atoms with van der Waals surface area (Å²) in [6, 6.07) is 0. The third-order valence-corrected chi connectivity index (χ3v) is 1.06. The van der Waals surface area contributed by atoms with Crippen molar-refractivity contribution in [1.29, 1.82) is 0 Å². The molecule has 0 bridgehead atoms. The van der Waals surface area contributed by atoms with E-state index in [0.717, 1.165) is 6.54 Å². The van der Waals surface area contributed by atoms with E-state index >= 15 is 0 Å². The maximum absolute atomic E-state index is 9.05. The molecule has 1 atom stereocenters. The van der Waals surface area contributed by atoms with Crippen molar-refractivity contribution in [2.24, 2.45) is 5.73 Å². The molecule has 0 aromatic carbocycles. The lowest BCUT2D eigenvalue weighted by Gasteiger charge is -2.09. The van der Waals surface area contributed by atoms with Crippen LogP contribution in [0.3, 0.4) is 0 Å². The van der Waals surface area contributed by atoms with Crippen molar-refractivity contribution in [3.8, 4) is 0 Å². The Balaban J connectivity index is 2.97. The van der Waals surface area contributed by atoms with Gasteiger partial charge >= 0.3 is 0 Å². The van der Waals surface area contributed by atoms with Crippen LogP contribution in [0.5, 0.6) is 0 Å². The van der Waals surface area contributed by atoms with Gasteiger partial charge in [-0.2, -0.15) is 0 Å². The second-order valence-corrected chi connectivity index (χ2v) is 2.10. The molecule has 4 nitrogen and oxygen atoms in total. The zero-order valence-electron chi connectivity index (χ0n) is 6.34. The standard InChI is InChI=1S/C6H16N2O2/c1-10-5-6(9)4-8-3-2-7/h6,8-9H,2-5,7H2,1H3. The van der Waals surface area contributed by atoms with Gasteiger partial charge in [0.15, 0.2) is 0 Å². The van der Waals surface area contributed by atoms with E-state index in [0.29, 0.717) is 19.7 Å². The van der Waals surface area contributed by atoms with Crippen molar-refractivity contribution in [1.82, 2.24) is 5.32 Å². The molecular formula is C6H16N2O2. The Kier molecular flexibility index (Phi) is 6.84. The molecule has 4 N–H and O–H groups in total. The highest BCUT2D eigenvalue weighted by Crippen LogP contribution is 1.79. The molecule has 0 aliphatic carbocycles. The summed E-state index contributed by atoms with van der Waals surface area (Å²) in [5.74, 6) is 0. The lowest BCUT2D eigenvalue weighted by molar-refractivity contribution is 0.0649. The van der Waals surface area contributed by atoms with Gasteiger partial charge in [-0.3, -0.25) is 0 Å². The van der Waals surface area contributed by atoms with Crippen LogP contribution < -0.4 is 11.1 Å². The average Bonchev–Trinajstić information content (AvgIpc) is 1.89. The van der Waals surface area contributed by atoms with E-state index in [2.05, 4.69) is 5.32 Å². The van der Waals surface area contributed by atoms with Crippen molar-refractivity contribution in [3.63, 3.8) is 0 Å². The lowest BCUT2D eigenvalue weighted by Crippen LogP contribution is -2.33. The number of hydrogen-bond donors (Lipinski definition) is 3. The van der Waals surface area contributed by atoms with Gasteiger partial charge in [0, 0.05) is 26.7 Å². The van der Waals surface area contributed by atoms with Crippen LogP contribution in [0.25, 0.3) is 0 Å². The molecule has 1 unspecified atom stereocenters. The van der Waals surface area contributed by atoms with Crippen LogP contribution in [-0.2, 0) is 4.74 Å². The van der Waals surface area contributed by atoms with E-state index in [9.17, 15) is 0 Å². The number of aliphatic hydroxyl groups excluding tert-OH is 1. The predicted octanol–water partition coefficient (Wildman–Crippen LogP) is -1.46. The van der Waals surface area contributed by atoms with Crippen molar-refractivity contribution >= 4 is 0 Å². The average molecular weight is 148 g/mol. The summed E-state index contributed by atoms with van der Waals surface area (Å²) < 4.78 is 4.71. The largest absolute Gasteiger partial charge is 0.389 e. The number of aliphatic hydroxyl groups is 1. The molecular weight excluding hydrogens is 132 g/mol. The van der Waals surface area contributed by atoms with Crippen LogP contribution >= 0.6 is 0 Å². The van der Waals surface area contributed by atoms with Crippen LogP contribution in [0.4, 0.5) is 0 Å². The van der Waals surface area contributed by atoms with Crippen LogP contribution in [0.2, 0.25) is 0 Å². The molecule has 0 saturated heterocycles. The molecule has 0 heterocycles. The molecule has 0 radical (unpaired) electrons. The Labute approximate surface area is 61.4 Å². The van der Waals surface area contributed by atoms with E-state index in [1.165, 1.54) is 0 Å². The molecule has 0 saturated carbocycles. The van der Waals surface area contributed by atoms with Gasteiger partial charge in [-0.05, 0) is 0 Å². The summed E-state index contributed by atoms with van der Waals surface area (Å²) in [6.07, 6.45) is -0.420. The van der Waals surface area contributed by atoms with Crippen molar-refractivity contribution in [3.05, 3.63) is 0 Å². The summed E-state index contributed by atoms with van der Waals surface area (Å²) in [5, 5.41) is 12.0. The smallest absolute Gasteiger partial charge is 0.0897 e. The molecule has 0 spiro atoms. The molecule has 4 heteroatoms. The van der Waals surface area contributed by atoms with Gasteiger partial charge in [0.2, 0.25) is 0 Å². The highest BCUT2D eigenvalue weighted by molar-refractivity contribution is 4.57. The van der Waals surface area contributed by atoms with Gasteiger partial charge in [-0.1, -0.05) is 0 Å². The Bertz CT molecular complexity index is 70.8. The topological polar surface area (TPSA) is 67.5 Å². The lowest BCUT2D eigenvalue weighted by atomic mass is 10.4. The number of nitrogens with two attached hydrogens (primary N) is 1. The normalized spacial score (nSPS) is 13.5. The van der Waals surface area contributed by atoms with Crippen molar-refractivity contribution in [2.75, 3.05) is 33.4 Å². The minimum atomic E-state index is -0.420. The second-order valence-electron chi connectivity index (χ2n) is 2.10. The molecule has 0 rings (SSSR count). The fraction of sp³-hybridized carbons (Fsp3) is 1.00. The van der Waals surface area contributed by atoms with Crippen LogP contribution in [0, 0.1) is 0 Å². The summed E-state index contributed by atoms with van der Waals surface area (Å²) in [7, 11) is 1.56. The number of rotatable bonds is 6. The van der Waals surface area contributed by atoms with Gasteiger partial charge in [-0.25, -0.2) is 0 Å². The molecule has 0 aliphatic heterocycles. The Hall–Kier alpha value is -0.160. The summed E-state index contributed by atoms with van der Waals surface area (Å²) in [5.41, 5.74) is 5.21. The Morgan fingerprint density at radius 2 is 2.40 bits per heavy atom. The fourth-order valence-corrected chi connectivity index (χ4v) is 0.622. The maximum Gasteiger partial charge on any atom is 0.0897 e. The van der Waals surface area contributed by atoms with Gasteiger partial charge in [0.25, 0.3) is 0 Å². The molecule has 0 aromatic heterocycles. The Morgan fingerprint density at radius 3 is 2.90 bits per heavy atom. The van der Waals surface area contributed by atoms with Crippen LogP contribution in [-0.4, -0.2) is 44.6 Å². The third-order valence-electron chi connectivity index (χ3n) is 1.06. The van der Waals surface area contributed by atoms with E-state index < -0.39 is 6.10 Å². The number of methoxy groups -OCH3 is 1. The zero-order chi connectivity index (χ0) is 7.82. The van der Waals surface area contributed by atoms with Gasteiger partial charge in [0.05, 0.1) is 12.7 Å². The molecule has 10 heavy (non-hydrogen) atoms. The predicted molar refractivity (Wildman–Crippen MR) is 39.8 cm³/mol. The number of ether oxygens (including phenoxy) is 1. The quantitative estimate of drug-likeness (QED) is 0.403. The van der Waals surface area contributed by atoms with E-state index in [1.807, 2.05) is 0 Å². The van der Waals surface area contributed by atoms with Gasteiger partial charge in [0.1, 0.15) is 0 Å². The van der Waals surface area contributed by atoms with Crippen molar-refractivity contribution < 1.29 is 9.84 Å². The molecule has 0 aliphatic rings. The van der Waals surface area contributed by atoms with E-state index in [-0.39, 0.29) is 0 Å². The summed E-state index contributed by atoms with van der Waals surface area (Å²) in [4.78, 5) is 0. The maximum atomic E-state index is 9.05. The molecule has 0 aromatic rings. The fourth-order valence-electron chi connectivity index (χ4n) is 0.622. The Morgan fingerprint density at radius 1 is 1.70 bits per heavy atom. The first-order valence-corrected chi connectivity index (χ1v) is 3.39. The first-order valence-electron chi connectivity index (χ1n) is 3.39. The minimum absolute atomic E-state index is 0.373. The first-order chi connectivity index (χ1) is 4.81. The highest BCUT2D eigenvalue weighted by Gasteiger charge is 1.99. The first kappa shape index (κ1) is 9.84. The summed E-state index contributed by atoms with van der Waals surface area (Å²) >= 11 is 0. The molecule has 0 fully saturated rings. The SMILES string of the molecule is COCC(O)CNCCN. The minimum Gasteiger partial charge on any atom is -0.389 e. The van der Waals surface area contributed by atoms with E-state index in [4.69, 9.17) is 15.6 Å². The monoisotopic (exact) mass is 148 g/mol. The number of nitrogens with one attached hydrogen (secondary N) is 1. The highest BCUT2D eigenvalue weighted by atomic mass is 16.5.